The summed E-state index contributed by atoms with van der Waals surface area (Å²) < 4.78 is 5.14. The van der Waals surface area contributed by atoms with Gasteiger partial charge in [-0.2, -0.15) is 0 Å². The van der Waals surface area contributed by atoms with Gasteiger partial charge in [-0.05, 0) is 12.2 Å². The third-order valence-corrected chi connectivity index (χ3v) is 2.82. The van der Waals surface area contributed by atoms with Crippen LogP contribution < -0.4 is 10.7 Å². The zero-order chi connectivity index (χ0) is 12.3. The Morgan fingerprint density at radius 1 is 1.38 bits per heavy atom. The fourth-order valence-electron chi connectivity index (χ4n) is 1.34. The minimum atomic E-state index is -1.23. The van der Waals surface area contributed by atoms with E-state index in [-0.39, 0.29) is 6.61 Å². The van der Waals surface area contributed by atoms with Gasteiger partial charge in [-0.1, -0.05) is 0 Å². The fraction of sp³-hybridized carbons (Fsp3) is 0.875. The van der Waals surface area contributed by atoms with Gasteiger partial charge in [0.15, 0.2) is 11.3 Å². The maximum absolute atomic E-state index is 9.62. The van der Waals surface area contributed by atoms with Crippen LogP contribution in [0, 0.1) is 0 Å². The number of thiocarbonyl (C=S) groups is 1. The molecule has 94 valence electrons. The van der Waals surface area contributed by atoms with E-state index in [1.807, 2.05) is 0 Å². The maximum Gasteiger partial charge on any atom is 0.183 e. The molecule has 5 N–H and O–H groups in total. The highest BCUT2D eigenvalue weighted by Gasteiger charge is 2.38. The van der Waals surface area contributed by atoms with Crippen molar-refractivity contribution in [3.8, 4) is 0 Å². The molecule has 8 heteroatoms. The lowest BCUT2D eigenvalue weighted by molar-refractivity contribution is -0.203. The van der Waals surface area contributed by atoms with E-state index in [0.29, 0.717) is 5.11 Å². The van der Waals surface area contributed by atoms with Crippen molar-refractivity contribution in [3.63, 3.8) is 0 Å². The molecule has 1 aliphatic heterocycles. The predicted octanol–water partition coefficient (Wildman–Crippen LogP) is -2.63. The summed E-state index contributed by atoms with van der Waals surface area (Å²) >= 11 is 4.94. The molecule has 1 aliphatic rings. The third-order valence-electron chi connectivity index (χ3n) is 2.34. The van der Waals surface area contributed by atoms with Crippen LogP contribution in [0.15, 0.2) is 0 Å². The third kappa shape index (κ3) is 3.00. The molecule has 0 aromatic rings. The van der Waals surface area contributed by atoms with Crippen LogP contribution in [-0.4, -0.2) is 70.7 Å². The van der Waals surface area contributed by atoms with Crippen molar-refractivity contribution < 1.29 is 20.1 Å². The van der Waals surface area contributed by atoms with E-state index in [1.54, 1.807) is 14.1 Å². The zero-order valence-corrected chi connectivity index (χ0v) is 9.94. The Bertz CT molecular complexity index is 255. The van der Waals surface area contributed by atoms with Gasteiger partial charge in [0.25, 0.3) is 0 Å². The fourth-order valence-corrected chi connectivity index (χ4v) is 1.39. The molecule has 0 spiro atoms. The van der Waals surface area contributed by atoms with E-state index >= 15 is 0 Å². The molecule has 1 heterocycles. The number of rotatable bonds is 2. The van der Waals surface area contributed by atoms with Crippen LogP contribution in [0.5, 0.6) is 0 Å². The minimum Gasteiger partial charge on any atom is -0.388 e. The maximum atomic E-state index is 9.62. The molecule has 0 aromatic carbocycles. The van der Waals surface area contributed by atoms with Crippen molar-refractivity contribution in [1.29, 1.82) is 0 Å². The number of hydrazine groups is 1. The van der Waals surface area contributed by atoms with E-state index in [0.717, 1.165) is 0 Å². The van der Waals surface area contributed by atoms with Crippen LogP contribution in [0.3, 0.4) is 0 Å². The first-order chi connectivity index (χ1) is 7.47. The van der Waals surface area contributed by atoms with Crippen molar-refractivity contribution in [1.82, 2.24) is 15.8 Å². The van der Waals surface area contributed by atoms with Crippen LogP contribution in [0.25, 0.3) is 0 Å². The van der Waals surface area contributed by atoms with Crippen LogP contribution >= 0.6 is 12.2 Å². The Balaban J connectivity index is 2.51. The first-order valence-corrected chi connectivity index (χ1v) is 5.25. The summed E-state index contributed by atoms with van der Waals surface area (Å²) in [6.07, 6.45) is -4.34. The summed E-state index contributed by atoms with van der Waals surface area (Å²) in [4.78, 5) is 0. The van der Waals surface area contributed by atoms with Crippen LogP contribution in [0.1, 0.15) is 0 Å². The van der Waals surface area contributed by atoms with Gasteiger partial charge < -0.3 is 25.4 Å². The molecule has 16 heavy (non-hydrogen) atoms. The molecule has 0 amide bonds. The van der Waals surface area contributed by atoms with E-state index in [4.69, 9.17) is 17.0 Å². The Labute approximate surface area is 99.0 Å². The van der Waals surface area contributed by atoms with Crippen LogP contribution in [0.4, 0.5) is 0 Å². The van der Waals surface area contributed by atoms with Gasteiger partial charge in [0, 0.05) is 14.1 Å². The van der Waals surface area contributed by atoms with E-state index in [1.165, 1.54) is 5.01 Å². The number of hydrogen-bond donors (Lipinski definition) is 5. The number of aliphatic hydroxyl groups excluding tert-OH is 3. The van der Waals surface area contributed by atoms with Gasteiger partial charge >= 0.3 is 0 Å². The quantitative estimate of drug-likeness (QED) is 0.269. The summed E-state index contributed by atoms with van der Waals surface area (Å²) in [5.74, 6) is 0. The second-order valence-corrected chi connectivity index (χ2v) is 3.93. The normalized spacial score (nSPS) is 34.6. The Hall–Kier alpha value is -0.510. The van der Waals surface area contributed by atoms with Crippen LogP contribution in [0.2, 0.25) is 0 Å². The molecule has 0 radical (unpaired) electrons. The van der Waals surface area contributed by atoms with E-state index in [9.17, 15) is 15.3 Å². The topological polar surface area (TPSA) is 97.2 Å². The number of ether oxygens (including phenoxy) is 1. The van der Waals surface area contributed by atoms with Crippen molar-refractivity contribution in [3.05, 3.63) is 0 Å². The molecule has 0 aliphatic carbocycles. The lowest BCUT2D eigenvalue weighted by atomic mass is 10.0. The second kappa shape index (κ2) is 5.71. The molecule has 0 bridgehead atoms. The Morgan fingerprint density at radius 3 is 2.56 bits per heavy atom. The molecule has 7 nitrogen and oxygen atoms in total. The first-order valence-electron chi connectivity index (χ1n) is 4.84. The largest absolute Gasteiger partial charge is 0.388 e. The number of hydrogen-bond acceptors (Lipinski definition) is 6. The number of aliphatic hydroxyl groups is 3. The van der Waals surface area contributed by atoms with Crippen molar-refractivity contribution in [2.75, 3.05) is 20.7 Å². The predicted molar refractivity (Wildman–Crippen MR) is 60.3 cm³/mol. The first kappa shape index (κ1) is 13.6. The lowest BCUT2D eigenvalue weighted by Crippen LogP contribution is -2.62. The molecule has 1 fully saturated rings. The summed E-state index contributed by atoms with van der Waals surface area (Å²) in [6, 6.07) is 0. The summed E-state index contributed by atoms with van der Waals surface area (Å²) in [6.45, 7) is -0.0456. The average molecular weight is 251 g/mol. The highest BCUT2D eigenvalue weighted by atomic mass is 32.1. The van der Waals surface area contributed by atoms with Gasteiger partial charge in [0.2, 0.25) is 0 Å². The number of nitrogens with zero attached hydrogens (tertiary/aromatic N) is 1. The van der Waals surface area contributed by atoms with Crippen LogP contribution in [-0.2, 0) is 4.74 Å². The standard InChI is InChI=1S/C8H17N3O4S/c1-9-8(16)11(2)10-7-6(14)5(13)4(12)3-15-7/h4-7,10,12-14H,3H2,1-2H3,(H,9,16)/t4-,5-,6+,7-/m1/s1. The highest BCUT2D eigenvalue weighted by molar-refractivity contribution is 7.80. The summed E-state index contributed by atoms with van der Waals surface area (Å²) in [5.41, 5.74) is 2.76. The Kier molecular flexibility index (Phi) is 4.84. The second-order valence-electron chi connectivity index (χ2n) is 3.55. The van der Waals surface area contributed by atoms with Crippen molar-refractivity contribution >= 4 is 17.3 Å². The molecule has 4 atom stereocenters. The molecule has 0 saturated carbocycles. The SMILES string of the molecule is CNC(=S)N(C)N[C@@H]1OC[C@@H](O)[C@@H](O)[C@@H]1O. The molecular weight excluding hydrogens is 234 g/mol. The Morgan fingerprint density at radius 2 is 2.00 bits per heavy atom. The molecule has 1 rings (SSSR count). The molecular formula is C8H17N3O4S. The minimum absolute atomic E-state index is 0.0456. The molecule has 1 saturated heterocycles. The van der Waals surface area contributed by atoms with Crippen molar-refractivity contribution in [2.24, 2.45) is 0 Å². The summed E-state index contributed by atoms with van der Waals surface area (Å²) in [5, 5.41) is 32.9. The van der Waals surface area contributed by atoms with Gasteiger partial charge in [-0.3, -0.25) is 5.01 Å². The summed E-state index contributed by atoms with van der Waals surface area (Å²) in [7, 11) is 3.31. The average Bonchev–Trinajstić information content (AvgIpc) is 2.28. The zero-order valence-electron chi connectivity index (χ0n) is 9.12. The van der Waals surface area contributed by atoms with E-state index < -0.39 is 24.5 Å². The highest BCUT2D eigenvalue weighted by Crippen LogP contribution is 2.13. The smallest absolute Gasteiger partial charge is 0.183 e. The monoisotopic (exact) mass is 251 g/mol. The van der Waals surface area contributed by atoms with Gasteiger partial charge in [0.05, 0.1) is 6.61 Å². The molecule has 0 unspecified atom stereocenters. The molecule has 0 aromatic heterocycles. The lowest BCUT2D eigenvalue weighted by Gasteiger charge is -2.37. The number of nitrogens with one attached hydrogen (secondary N) is 2. The van der Waals surface area contributed by atoms with Gasteiger partial charge in [0.1, 0.15) is 18.3 Å². The van der Waals surface area contributed by atoms with Crippen molar-refractivity contribution in [2.45, 2.75) is 24.5 Å². The van der Waals surface area contributed by atoms with E-state index in [2.05, 4.69) is 10.7 Å². The van der Waals surface area contributed by atoms with Gasteiger partial charge in [-0.25, -0.2) is 5.43 Å². The van der Waals surface area contributed by atoms with Gasteiger partial charge in [-0.15, -0.1) is 0 Å².